The van der Waals surface area contributed by atoms with Crippen molar-refractivity contribution in [2.24, 2.45) is 0 Å². The van der Waals surface area contributed by atoms with Gasteiger partial charge in [0.1, 0.15) is 0 Å². The Kier molecular flexibility index (Phi) is 5.84. The molecule has 0 amide bonds. The molecule has 0 fully saturated rings. The zero-order valence-corrected chi connectivity index (χ0v) is 26.9. The minimum atomic E-state index is 0.596. The molecule has 0 saturated carbocycles. The van der Waals surface area contributed by atoms with Gasteiger partial charge < -0.3 is 9.13 Å². The fourth-order valence-electron chi connectivity index (χ4n) is 7.60. The number of para-hydroxylation sites is 3. The van der Waals surface area contributed by atoms with E-state index in [-0.39, 0.29) is 0 Å². The van der Waals surface area contributed by atoms with E-state index in [1.165, 1.54) is 42.0 Å². The molecule has 3 aromatic heterocycles. The van der Waals surface area contributed by atoms with Crippen molar-refractivity contribution >= 4 is 86.5 Å². The summed E-state index contributed by atoms with van der Waals surface area (Å²) in [5.74, 6) is 0. The van der Waals surface area contributed by atoms with Crippen molar-refractivity contribution in [3.05, 3.63) is 168 Å². The highest BCUT2D eigenvalue weighted by Crippen LogP contribution is 2.45. The van der Waals surface area contributed by atoms with Crippen LogP contribution in [0.5, 0.6) is 0 Å². The number of thiophene rings is 1. The summed E-state index contributed by atoms with van der Waals surface area (Å²) in [6, 6.07) is 50.8. The van der Waals surface area contributed by atoms with Gasteiger partial charge in [-0.3, -0.25) is 0 Å². The summed E-state index contributed by atoms with van der Waals surface area (Å²) in [4.78, 5) is 7.54. The molecule has 0 spiro atoms. The summed E-state index contributed by atoms with van der Waals surface area (Å²) in [6.45, 7) is 15.5. The van der Waals surface area contributed by atoms with Crippen LogP contribution in [0, 0.1) is 13.1 Å². The molecule has 0 saturated heterocycles. The van der Waals surface area contributed by atoms with Gasteiger partial charge in [-0.15, -0.1) is 11.3 Å². The van der Waals surface area contributed by atoms with Crippen molar-refractivity contribution in [3.8, 4) is 22.5 Å². The van der Waals surface area contributed by atoms with E-state index in [0.29, 0.717) is 11.4 Å². The van der Waals surface area contributed by atoms with E-state index in [1.54, 1.807) is 0 Å². The zero-order chi connectivity index (χ0) is 32.6. The smallest absolute Gasteiger partial charge is 0.188 e. The molecular weight excluding hydrogens is 617 g/mol. The molecule has 49 heavy (non-hydrogen) atoms. The topological polar surface area (TPSA) is 18.6 Å². The molecule has 3 heterocycles. The van der Waals surface area contributed by atoms with E-state index in [9.17, 15) is 0 Å². The third-order valence-corrected chi connectivity index (χ3v) is 10.9. The van der Waals surface area contributed by atoms with Crippen molar-refractivity contribution in [2.75, 3.05) is 0 Å². The molecule has 10 rings (SSSR count). The van der Waals surface area contributed by atoms with E-state index in [4.69, 9.17) is 13.1 Å². The lowest BCUT2D eigenvalue weighted by molar-refractivity contribution is 1.18. The van der Waals surface area contributed by atoms with Crippen LogP contribution in [0.3, 0.4) is 0 Å². The first-order valence-corrected chi connectivity index (χ1v) is 16.9. The monoisotopic (exact) mass is 640 g/mol. The predicted octanol–water partition coefficient (Wildman–Crippen LogP) is 13.0. The summed E-state index contributed by atoms with van der Waals surface area (Å²) >= 11 is 1.84. The molecule has 4 nitrogen and oxygen atoms in total. The van der Waals surface area contributed by atoms with Crippen LogP contribution in [0.4, 0.5) is 11.4 Å². The lowest BCUT2D eigenvalue weighted by atomic mass is 9.99. The maximum Gasteiger partial charge on any atom is 0.188 e. The molecule has 0 aliphatic rings. The largest absolute Gasteiger partial charge is 0.309 e. The number of nitrogens with zero attached hydrogens (tertiary/aromatic N) is 4. The number of hydrogen-bond acceptors (Lipinski definition) is 1. The van der Waals surface area contributed by atoms with E-state index in [1.807, 2.05) is 47.7 Å². The van der Waals surface area contributed by atoms with E-state index < -0.39 is 0 Å². The summed E-state index contributed by atoms with van der Waals surface area (Å²) in [6.07, 6.45) is 0. The molecule has 0 atom stereocenters. The highest BCUT2D eigenvalue weighted by Gasteiger charge is 2.20. The molecule has 0 aliphatic heterocycles. The average Bonchev–Trinajstić information content (AvgIpc) is 3.82. The van der Waals surface area contributed by atoms with Crippen LogP contribution in [0.1, 0.15) is 0 Å². The van der Waals surface area contributed by atoms with Gasteiger partial charge in [-0.2, -0.15) is 0 Å². The van der Waals surface area contributed by atoms with Crippen molar-refractivity contribution in [1.82, 2.24) is 9.13 Å². The molecule has 5 heteroatoms. The van der Waals surface area contributed by atoms with Gasteiger partial charge >= 0.3 is 0 Å². The van der Waals surface area contributed by atoms with Crippen LogP contribution < -0.4 is 0 Å². The summed E-state index contributed by atoms with van der Waals surface area (Å²) < 4.78 is 7.17. The van der Waals surface area contributed by atoms with Gasteiger partial charge in [0.15, 0.2) is 11.4 Å². The number of hydrogen-bond donors (Lipinski definition) is 0. The third kappa shape index (κ3) is 3.95. The lowest BCUT2D eigenvalue weighted by Crippen LogP contribution is -1.97. The first-order valence-electron chi connectivity index (χ1n) is 16.1. The van der Waals surface area contributed by atoms with Crippen molar-refractivity contribution in [3.63, 3.8) is 0 Å². The van der Waals surface area contributed by atoms with Gasteiger partial charge in [0.2, 0.25) is 0 Å². The maximum absolute atomic E-state index is 7.87. The average molecular weight is 641 g/mol. The van der Waals surface area contributed by atoms with E-state index in [2.05, 4.69) is 128 Å². The molecule has 0 unspecified atom stereocenters. The molecule has 7 aromatic carbocycles. The zero-order valence-electron chi connectivity index (χ0n) is 26.1. The van der Waals surface area contributed by atoms with Crippen LogP contribution in [-0.2, 0) is 0 Å². The highest BCUT2D eigenvalue weighted by atomic mass is 32.1. The van der Waals surface area contributed by atoms with Gasteiger partial charge in [-0.05, 0) is 77.2 Å². The first-order chi connectivity index (χ1) is 24.2. The Morgan fingerprint density at radius 2 is 1.12 bits per heavy atom. The van der Waals surface area contributed by atoms with Crippen LogP contribution >= 0.6 is 11.3 Å². The Labute approximate surface area is 285 Å². The van der Waals surface area contributed by atoms with Gasteiger partial charge in [-0.25, -0.2) is 9.69 Å². The van der Waals surface area contributed by atoms with Gasteiger partial charge in [0, 0.05) is 37.3 Å². The first kappa shape index (κ1) is 27.5. The summed E-state index contributed by atoms with van der Waals surface area (Å²) in [5.41, 5.74) is 9.93. The molecule has 0 aliphatic carbocycles. The van der Waals surface area contributed by atoms with Crippen molar-refractivity contribution < 1.29 is 0 Å². The standard InChI is InChI=1S/C44H24N4S/c1-45-28-17-21-40(48-39-15-9-7-13-32(39)36-26-29(46-2)18-22-41(36)48)35(25-28)27-16-23-42-37(24-27)34-20-19-33-31-12-6-8-14-38(31)47(43(33)44(34)49-42)30-10-4-3-5-11-30/h3-26H. The van der Waals surface area contributed by atoms with Crippen molar-refractivity contribution in [1.29, 1.82) is 0 Å². The third-order valence-electron chi connectivity index (χ3n) is 9.73. The van der Waals surface area contributed by atoms with E-state index in [0.717, 1.165) is 44.3 Å². The minimum absolute atomic E-state index is 0.596. The van der Waals surface area contributed by atoms with Gasteiger partial charge in [-0.1, -0.05) is 84.9 Å². The molecule has 0 bridgehead atoms. The second-order valence-corrected chi connectivity index (χ2v) is 13.4. The molecular formula is C44H24N4S. The lowest BCUT2D eigenvalue weighted by Gasteiger charge is -2.15. The molecule has 0 N–H and O–H groups in total. The Morgan fingerprint density at radius 1 is 0.469 bits per heavy atom. The van der Waals surface area contributed by atoms with Crippen LogP contribution in [0.2, 0.25) is 0 Å². The number of fused-ring (bicyclic) bond motifs is 10. The van der Waals surface area contributed by atoms with Crippen LogP contribution in [0.15, 0.2) is 146 Å². The van der Waals surface area contributed by atoms with Crippen molar-refractivity contribution in [2.45, 2.75) is 0 Å². The van der Waals surface area contributed by atoms with E-state index >= 15 is 0 Å². The Morgan fingerprint density at radius 3 is 1.92 bits per heavy atom. The number of benzene rings is 7. The molecule has 226 valence electrons. The summed E-state index contributed by atoms with van der Waals surface area (Å²) in [7, 11) is 0. The second kappa shape index (κ2) is 10.4. The number of rotatable bonds is 3. The minimum Gasteiger partial charge on any atom is -0.309 e. The predicted molar refractivity (Wildman–Crippen MR) is 206 cm³/mol. The Hall–Kier alpha value is -6.66. The molecule has 10 aromatic rings. The maximum atomic E-state index is 7.87. The van der Waals surface area contributed by atoms with Gasteiger partial charge in [0.25, 0.3) is 0 Å². The quantitative estimate of drug-likeness (QED) is 0.171. The van der Waals surface area contributed by atoms with Crippen LogP contribution in [-0.4, -0.2) is 9.13 Å². The van der Waals surface area contributed by atoms with Gasteiger partial charge in [0.05, 0.1) is 45.6 Å². The highest BCUT2D eigenvalue weighted by molar-refractivity contribution is 7.26. The Balaban J connectivity index is 1.26. The normalized spacial score (nSPS) is 11.6. The Bertz CT molecular complexity index is 3070. The summed E-state index contributed by atoms with van der Waals surface area (Å²) in [5, 5.41) is 7.06. The fourth-order valence-corrected chi connectivity index (χ4v) is 8.83. The second-order valence-electron chi connectivity index (χ2n) is 12.3. The molecule has 0 radical (unpaired) electrons. The van der Waals surface area contributed by atoms with Crippen LogP contribution in [0.25, 0.3) is 96.0 Å². The number of aromatic nitrogens is 2. The fraction of sp³-hybridized carbons (Fsp3) is 0. The SMILES string of the molecule is [C-]#[N+]c1ccc(-n2c3ccccc3c3cc([N+]#[C-])ccc32)c(-c2ccc3sc4c(ccc5c6ccccc6n(-c6ccccc6)c54)c3c2)c1.